The van der Waals surface area contributed by atoms with Crippen LogP contribution < -0.4 is 0 Å². The molecule has 0 spiro atoms. The van der Waals surface area contributed by atoms with Crippen molar-refractivity contribution in [2.75, 3.05) is 0 Å². The van der Waals surface area contributed by atoms with Crippen molar-refractivity contribution in [2.24, 2.45) is 0 Å². The first-order valence-electron chi connectivity index (χ1n) is 6.62. The van der Waals surface area contributed by atoms with E-state index in [4.69, 9.17) is 0 Å². The number of aromatic nitrogens is 4. The highest BCUT2D eigenvalue weighted by atomic mass is 79.9. The summed E-state index contributed by atoms with van der Waals surface area (Å²) >= 11 is 3.40. The van der Waals surface area contributed by atoms with Crippen molar-refractivity contribution in [3.63, 3.8) is 0 Å². The maximum Gasteiger partial charge on any atom is 0.417 e. The van der Waals surface area contributed by atoms with Crippen LogP contribution in [-0.2, 0) is 6.18 Å². The quantitative estimate of drug-likeness (QED) is 0.522. The van der Waals surface area contributed by atoms with Crippen molar-refractivity contribution in [1.82, 2.24) is 19.6 Å². The molecule has 4 nitrogen and oxygen atoms in total. The maximum atomic E-state index is 12.9. The lowest BCUT2D eigenvalue weighted by molar-refractivity contribution is -0.137. The number of alkyl halides is 3. The Morgan fingerprint density at radius 2 is 1.91 bits per heavy atom. The molecule has 0 aliphatic rings. The first-order chi connectivity index (χ1) is 10.9. The lowest BCUT2D eigenvalue weighted by atomic mass is 10.1. The van der Waals surface area contributed by atoms with Crippen LogP contribution >= 0.6 is 15.9 Å². The number of H-pyrrole nitrogens is 1. The molecule has 0 saturated carbocycles. The molecule has 0 atom stereocenters. The number of benzene rings is 1. The van der Waals surface area contributed by atoms with E-state index >= 15 is 0 Å². The second kappa shape index (κ2) is 4.82. The summed E-state index contributed by atoms with van der Waals surface area (Å²) in [4.78, 5) is 3.09. The third-order valence-corrected chi connectivity index (χ3v) is 4.11. The van der Waals surface area contributed by atoms with Gasteiger partial charge in [-0.15, -0.1) is 10.2 Å². The largest absolute Gasteiger partial charge is 0.417 e. The Morgan fingerprint density at radius 3 is 2.70 bits per heavy atom. The molecule has 1 N–H and O–H groups in total. The van der Waals surface area contributed by atoms with E-state index < -0.39 is 11.7 Å². The van der Waals surface area contributed by atoms with Crippen molar-refractivity contribution in [1.29, 1.82) is 0 Å². The minimum absolute atomic E-state index is 0.357. The number of fused-ring (bicyclic) bond motifs is 2. The first-order valence-corrected chi connectivity index (χ1v) is 7.42. The van der Waals surface area contributed by atoms with Gasteiger partial charge in [0.05, 0.1) is 5.56 Å². The van der Waals surface area contributed by atoms with Crippen LogP contribution in [0.1, 0.15) is 5.56 Å². The monoisotopic (exact) mass is 380 g/mol. The van der Waals surface area contributed by atoms with Crippen molar-refractivity contribution < 1.29 is 13.2 Å². The molecule has 0 amide bonds. The molecule has 116 valence electrons. The van der Waals surface area contributed by atoms with Gasteiger partial charge < -0.3 is 4.98 Å². The number of hydrogen-bond acceptors (Lipinski definition) is 2. The van der Waals surface area contributed by atoms with Crippen LogP contribution in [-0.4, -0.2) is 19.6 Å². The maximum absolute atomic E-state index is 12.9. The van der Waals surface area contributed by atoms with Gasteiger partial charge in [-0.3, -0.25) is 4.40 Å². The summed E-state index contributed by atoms with van der Waals surface area (Å²) < 4.78 is 41.0. The Kier molecular flexibility index (Phi) is 2.99. The number of nitrogens with zero attached hydrogens (tertiary/aromatic N) is 3. The predicted octanol–water partition coefficient (Wildman–Crippen LogP) is 4.66. The minimum Gasteiger partial charge on any atom is -0.360 e. The van der Waals surface area contributed by atoms with E-state index in [1.165, 1.54) is 10.5 Å². The first kappa shape index (κ1) is 14.3. The fraction of sp³-hybridized carbons (Fsp3) is 0.0667. The molecule has 4 aromatic rings. The normalized spacial score (nSPS) is 12.3. The van der Waals surface area contributed by atoms with Crippen LogP contribution in [0.2, 0.25) is 0 Å². The molecule has 3 aromatic heterocycles. The van der Waals surface area contributed by atoms with E-state index in [9.17, 15) is 13.2 Å². The van der Waals surface area contributed by atoms with E-state index in [1.807, 2.05) is 18.2 Å². The molecule has 0 bridgehead atoms. The number of pyridine rings is 1. The smallest absolute Gasteiger partial charge is 0.360 e. The van der Waals surface area contributed by atoms with Crippen LogP contribution in [0.4, 0.5) is 13.2 Å². The molecule has 23 heavy (non-hydrogen) atoms. The predicted molar refractivity (Wildman–Crippen MR) is 83.0 cm³/mol. The van der Waals surface area contributed by atoms with Crippen LogP contribution in [0.3, 0.4) is 0 Å². The van der Waals surface area contributed by atoms with Crippen molar-refractivity contribution in [2.45, 2.75) is 6.18 Å². The van der Waals surface area contributed by atoms with Gasteiger partial charge in [-0.25, -0.2) is 0 Å². The van der Waals surface area contributed by atoms with Gasteiger partial charge in [-0.2, -0.15) is 13.2 Å². The summed E-state index contributed by atoms with van der Waals surface area (Å²) in [6, 6.07) is 7.96. The second-order valence-corrected chi connectivity index (χ2v) is 5.98. The number of aromatic amines is 1. The van der Waals surface area contributed by atoms with Gasteiger partial charge in [-0.1, -0.05) is 15.9 Å². The third-order valence-electron chi connectivity index (χ3n) is 3.61. The zero-order chi connectivity index (χ0) is 16.2. The summed E-state index contributed by atoms with van der Waals surface area (Å²) in [5, 5.41) is 8.85. The van der Waals surface area contributed by atoms with Gasteiger partial charge in [0.2, 0.25) is 0 Å². The molecule has 1 aromatic carbocycles. The Balaban J connectivity index is 1.99. The van der Waals surface area contributed by atoms with Crippen LogP contribution in [0.5, 0.6) is 0 Å². The highest BCUT2D eigenvalue weighted by Gasteiger charge is 2.31. The van der Waals surface area contributed by atoms with Gasteiger partial charge in [-0.05, 0) is 30.3 Å². The van der Waals surface area contributed by atoms with Gasteiger partial charge in [0, 0.05) is 33.3 Å². The number of rotatable bonds is 1. The Labute approximate surface area is 136 Å². The summed E-state index contributed by atoms with van der Waals surface area (Å²) in [6.45, 7) is 0. The molecule has 0 aliphatic carbocycles. The van der Waals surface area contributed by atoms with E-state index in [0.29, 0.717) is 17.0 Å². The molecule has 0 unspecified atom stereocenters. The molecule has 0 saturated heterocycles. The van der Waals surface area contributed by atoms with Crippen molar-refractivity contribution in [3.05, 3.63) is 52.8 Å². The van der Waals surface area contributed by atoms with E-state index in [0.717, 1.165) is 27.6 Å². The Bertz CT molecular complexity index is 1030. The van der Waals surface area contributed by atoms with Gasteiger partial charge >= 0.3 is 6.18 Å². The zero-order valence-corrected chi connectivity index (χ0v) is 13.0. The van der Waals surface area contributed by atoms with E-state index in [2.05, 4.69) is 31.1 Å². The molecule has 8 heteroatoms. The minimum atomic E-state index is -4.42. The molecule has 0 fully saturated rings. The molecule has 3 heterocycles. The Morgan fingerprint density at radius 1 is 1.09 bits per heavy atom. The molecule has 4 rings (SSSR count). The topological polar surface area (TPSA) is 46.0 Å². The fourth-order valence-corrected chi connectivity index (χ4v) is 2.88. The van der Waals surface area contributed by atoms with Crippen LogP contribution in [0.25, 0.3) is 27.9 Å². The Hall–Kier alpha value is -2.35. The lowest BCUT2D eigenvalue weighted by Crippen LogP contribution is -2.06. The third kappa shape index (κ3) is 2.29. The van der Waals surface area contributed by atoms with Gasteiger partial charge in [0.1, 0.15) is 0 Å². The van der Waals surface area contributed by atoms with Crippen LogP contribution in [0.15, 0.2) is 47.2 Å². The molecular weight excluding hydrogens is 373 g/mol. The SMILES string of the molecule is FC(F)(F)c1ccc2nnc(-c3c[nH]c4ccc(Br)cc34)n2c1. The van der Waals surface area contributed by atoms with E-state index in [1.54, 1.807) is 6.20 Å². The highest BCUT2D eigenvalue weighted by molar-refractivity contribution is 9.10. The fourth-order valence-electron chi connectivity index (χ4n) is 2.52. The van der Waals surface area contributed by atoms with Crippen molar-refractivity contribution >= 4 is 32.5 Å². The zero-order valence-electron chi connectivity index (χ0n) is 11.4. The molecule has 0 aliphatic heterocycles. The number of nitrogens with one attached hydrogen (secondary N) is 1. The number of halogens is 4. The second-order valence-electron chi connectivity index (χ2n) is 5.06. The molecule has 0 radical (unpaired) electrons. The highest BCUT2D eigenvalue weighted by Crippen LogP contribution is 2.32. The van der Waals surface area contributed by atoms with E-state index in [-0.39, 0.29) is 0 Å². The van der Waals surface area contributed by atoms with Gasteiger partial charge in [0.15, 0.2) is 11.5 Å². The summed E-state index contributed by atoms with van der Waals surface area (Å²) in [5.41, 5.74) is 1.17. The van der Waals surface area contributed by atoms with Crippen molar-refractivity contribution in [3.8, 4) is 11.4 Å². The van der Waals surface area contributed by atoms with Crippen LogP contribution in [0, 0.1) is 0 Å². The standard InChI is InChI=1S/C15H8BrF3N4/c16-9-2-3-12-10(5-9)11(6-20-12)14-22-21-13-4-1-8(7-23(13)14)15(17,18)19/h1-7,20H. The summed E-state index contributed by atoms with van der Waals surface area (Å²) in [6.07, 6.45) is -1.69. The average molecular weight is 381 g/mol. The average Bonchev–Trinajstić information content (AvgIpc) is 3.08. The lowest BCUT2D eigenvalue weighted by Gasteiger charge is -2.07. The van der Waals surface area contributed by atoms with Gasteiger partial charge in [0.25, 0.3) is 0 Å². The number of hydrogen-bond donors (Lipinski definition) is 1. The summed E-state index contributed by atoms with van der Waals surface area (Å²) in [7, 11) is 0. The molecular formula is C15H8BrF3N4. The summed E-state index contributed by atoms with van der Waals surface area (Å²) in [5.74, 6) is 0.357.